The van der Waals surface area contributed by atoms with Gasteiger partial charge in [-0.1, -0.05) is 54.1 Å². The minimum Gasteiger partial charge on any atom is -0.497 e. The topological polar surface area (TPSA) is 83.5 Å². The number of piperazine rings is 1. The molecule has 4 rings (SSSR count). The predicted molar refractivity (Wildman–Crippen MR) is 163 cm³/mol. The van der Waals surface area contributed by atoms with E-state index in [1.807, 2.05) is 70.2 Å². The number of methoxy groups -OCH3 is 1. The number of rotatable bonds is 8. The van der Waals surface area contributed by atoms with Crippen LogP contribution in [0.25, 0.3) is 0 Å². The lowest BCUT2D eigenvalue weighted by molar-refractivity contribution is -0.123. The van der Waals surface area contributed by atoms with E-state index in [4.69, 9.17) is 26.1 Å². The van der Waals surface area contributed by atoms with Gasteiger partial charge in [-0.25, -0.2) is 4.79 Å². The molecule has 2 aliphatic heterocycles. The highest BCUT2D eigenvalue weighted by molar-refractivity contribution is 6.30. The first kappa shape index (κ1) is 29.9. The normalized spacial score (nSPS) is 19.4. The van der Waals surface area contributed by atoms with E-state index in [2.05, 4.69) is 11.9 Å². The lowest BCUT2D eigenvalue weighted by atomic mass is 9.93. The molecule has 0 radical (unpaired) electrons. The number of aliphatic imine (C=N–C) groups is 1. The van der Waals surface area contributed by atoms with Gasteiger partial charge in [0.1, 0.15) is 29.9 Å². The highest BCUT2D eigenvalue weighted by atomic mass is 35.5. The summed E-state index contributed by atoms with van der Waals surface area (Å²) in [6.07, 6.45) is 5.80. The summed E-state index contributed by atoms with van der Waals surface area (Å²) >= 11 is 6.26. The summed E-state index contributed by atoms with van der Waals surface area (Å²) in [7, 11) is 1.59. The zero-order chi connectivity index (χ0) is 29.7. The van der Waals surface area contributed by atoms with Crippen molar-refractivity contribution in [1.82, 2.24) is 15.1 Å². The molecule has 8 nitrogen and oxygen atoms in total. The molecule has 9 heteroatoms. The van der Waals surface area contributed by atoms with E-state index in [-0.39, 0.29) is 24.6 Å². The number of halogens is 1. The molecule has 1 N–H and O–H groups in total. The second-order valence-corrected chi connectivity index (χ2v) is 10.7. The lowest BCUT2D eigenvalue weighted by Crippen LogP contribution is -2.55. The van der Waals surface area contributed by atoms with Crippen LogP contribution in [0.1, 0.15) is 44.9 Å². The van der Waals surface area contributed by atoms with Gasteiger partial charge in [0.05, 0.1) is 24.8 Å². The first-order valence-electron chi connectivity index (χ1n) is 13.7. The van der Waals surface area contributed by atoms with Gasteiger partial charge in [-0.15, -0.1) is 0 Å². The molecule has 0 saturated carbocycles. The molecule has 0 bridgehead atoms. The Labute approximate surface area is 247 Å². The Morgan fingerprint density at radius 3 is 2.59 bits per heavy atom. The fourth-order valence-electron chi connectivity index (χ4n) is 5.03. The summed E-state index contributed by atoms with van der Waals surface area (Å²) in [5, 5.41) is 3.38. The van der Waals surface area contributed by atoms with Gasteiger partial charge in [0.25, 0.3) is 0 Å². The summed E-state index contributed by atoms with van der Waals surface area (Å²) in [4.78, 5) is 35.1. The zero-order valence-electron chi connectivity index (χ0n) is 24.2. The van der Waals surface area contributed by atoms with Crippen LogP contribution in [0.5, 0.6) is 11.5 Å². The number of amidine groups is 1. The number of benzene rings is 2. The first-order valence-corrected chi connectivity index (χ1v) is 14.0. The average molecular weight is 577 g/mol. The fourth-order valence-corrected chi connectivity index (χ4v) is 5.16. The van der Waals surface area contributed by atoms with Crippen LogP contribution in [0.2, 0.25) is 5.02 Å². The second kappa shape index (κ2) is 13.1. The van der Waals surface area contributed by atoms with Gasteiger partial charge < -0.3 is 19.7 Å². The monoisotopic (exact) mass is 576 g/mol. The van der Waals surface area contributed by atoms with Crippen molar-refractivity contribution in [2.24, 2.45) is 4.99 Å². The zero-order valence-corrected chi connectivity index (χ0v) is 24.9. The van der Waals surface area contributed by atoms with Gasteiger partial charge >= 0.3 is 6.03 Å². The van der Waals surface area contributed by atoms with E-state index in [0.717, 1.165) is 16.7 Å². The Hall–Kier alpha value is -4.04. The SMILES string of the molecule is C=C(/C=C(C)\C=C/C)[C@@H]1N=C(c2ccc(OC)cc2OC(C)C)N(C(=O)N2CCNC(=O)C2)[C@@H]1c1ccc(Cl)cc1. The number of carbonyl (C=O) groups is 2. The summed E-state index contributed by atoms with van der Waals surface area (Å²) in [5.74, 6) is 1.38. The van der Waals surface area contributed by atoms with E-state index in [1.54, 1.807) is 35.1 Å². The standard InChI is InChI=1S/C32H37ClN4O4/c1-7-8-21(4)17-22(5)29-30(23-9-11-24(33)12-10-23)37(32(39)36-16-15-34-28(38)19-36)31(35-29)26-14-13-25(40-6)18-27(26)41-20(2)3/h7-14,17-18,20,29-30H,5,15-16,19H2,1-4,6H3,(H,34,38)/b8-7-,21-17-/t29-,30+/m0/s1. The van der Waals surface area contributed by atoms with Crippen LogP contribution < -0.4 is 14.8 Å². The van der Waals surface area contributed by atoms with Gasteiger partial charge in [0.15, 0.2) is 0 Å². The molecular weight excluding hydrogens is 540 g/mol. The molecule has 2 aromatic carbocycles. The highest BCUT2D eigenvalue weighted by Gasteiger charge is 2.45. The number of nitrogens with one attached hydrogen (secondary N) is 1. The number of ether oxygens (including phenoxy) is 2. The summed E-state index contributed by atoms with van der Waals surface area (Å²) in [5.41, 5.74) is 3.23. The minimum absolute atomic E-state index is 0.0418. The van der Waals surface area contributed by atoms with E-state index >= 15 is 0 Å². The van der Waals surface area contributed by atoms with Crippen molar-refractivity contribution in [2.75, 3.05) is 26.7 Å². The van der Waals surface area contributed by atoms with Crippen LogP contribution >= 0.6 is 11.6 Å². The van der Waals surface area contributed by atoms with Crippen LogP contribution in [0, 0.1) is 0 Å². The van der Waals surface area contributed by atoms with Crippen LogP contribution in [-0.2, 0) is 4.79 Å². The van der Waals surface area contributed by atoms with Crippen LogP contribution in [0.15, 0.2) is 83.4 Å². The molecule has 0 aliphatic carbocycles. The van der Waals surface area contributed by atoms with E-state index in [1.165, 1.54) is 0 Å². The third-order valence-corrected chi connectivity index (χ3v) is 7.06. The minimum atomic E-state index is -0.545. The summed E-state index contributed by atoms with van der Waals surface area (Å²) in [6, 6.07) is 11.5. The van der Waals surface area contributed by atoms with Gasteiger partial charge in [-0.2, -0.15) is 0 Å². The van der Waals surface area contributed by atoms with Gasteiger partial charge in [-0.05, 0) is 63.1 Å². The molecule has 0 aromatic heterocycles. The number of hydrogen-bond donors (Lipinski definition) is 1. The molecule has 41 heavy (non-hydrogen) atoms. The maximum atomic E-state index is 14.4. The lowest BCUT2D eigenvalue weighted by Gasteiger charge is -2.36. The predicted octanol–water partition coefficient (Wildman–Crippen LogP) is 5.94. The van der Waals surface area contributed by atoms with Gasteiger partial charge in [0, 0.05) is 24.2 Å². The van der Waals surface area contributed by atoms with Crippen molar-refractivity contribution < 1.29 is 19.1 Å². The molecule has 1 fully saturated rings. The van der Waals surface area contributed by atoms with E-state index < -0.39 is 12.1 Å². The number of hydrogen-bond acceptors (Lipinski definition) is 5. The van der Waals surface area contributed by atoms with E-state index in [9.17, 15) is 9.59 Å². The second-order valence-electron chi connectivity index (χ2n) is 10.3. The molecule has 3 amide bonds. The number of nitrogens with zero attached hydrogens (tertiary/aromatic N) is 3. The van der Waals surface area contributed by atoms with Crippen molar-refractivity contribution in [3.8, 4) is 11.5 Å². The fraction of sp³-hybridized carbons (Fsp3) is 0.344. The molecule has 216 valence electrons. The Morgan fingerprint density at radius 1 is 1.22 bits per heavy atom. The average Bonchev–Trinajstić information content (AvgIpc) is 3.33. The molecule has 2 heterocycles. The van der Waals surface area contributed by atoms with Crippen molar-refractivity contribution in [2.45, 2.75) is 45.9 Å². The van der Waals surface area contributed by atoms with Gasteiger partial charge in [-0.3, -0.25) is 14.7 Å². The highest BCUT2D eigenvalue weighted by Crippen LogP contribution is 2.41. The van der Waals surface area contributed by atoms with Crippen LogP contribution in [0.3, 0.4) is 0 Å². The smallest absolute Gasteiger partial charge is 0.326 e. The van der Waals surface area contributed by atoms with E-state index in [0.29, 0.717) is 41.0 Å². The Bertz CT molecular complexity index is 1400. The number of allylic oxidation sites excluding steroid dienone is 3. The molecule has 0 unspecified atom stereocenters. The summed E-state index contributed by atoms with van der Waals surface area (Å²) in [6.45, 7) is 12.9. The third-order valence-electron chi connectivity index (χ3n) is 6.81. The van der Waals surface area contributed by atoms with Crippen LogP contribution in [0.4, 0.5) is 4.79 Å². The Balaban J connectivity index is 1.93. The number of urea groups is 1. The van der Waals surface area contributed by atoms with Gasteiger partial charge in [0.2, 0.25) is 5.91 Å². The van der Waals surface area contributed by atoms with Crippen molar-refractivity contribution in [3.63, 3.8) is 0 Å². The third kappa shape index (κ3) is 6.82. The van der Waals surface area contributed by atoms with Crippen LogP contribution in [-0.4, -0.2) is 66.5 Å². The molecular formula is C32H37ClN4O4. The van der Waals surface area contributed by atoms with Crippen molar-refractivity contribution in [1.29, 1.82) is 0 Å². The number of amides is 3. The quantitative estimate of drug-likeness (QED) is 0.394. The maximum absolute atomic E-state index is 14.4. The molecule has 0 spiro atoms. The Morgan fingerprint density at radius 2 is 1.95 bits per heavy atom. The maximum Gasteiger partial charge on any atom is 0.326 e. The van der Waals surface area contributed by atoms with Crippen molar-refractivity contribution in [3.05, 3.63) is 94.6 Å². The number of carbonyl (C=O) groups excluding carboxylic acids is 2. The molecule has 2 aromatic rings. The largest absolute Gasteiger partial charge is 0.497 e. The summed E-state index contributed by atoms with van der Waals surface area (Å²) < 4.78 is 11.7. The molecule has 2 atom stereocenters. The molecule has 2 aliphatic rings. The first-order chi connectivity index (χ1) is 19.6. The van der Waals surface area contributed by atoms with Crippen molar-refractivity contribution >= 4 is 29.4 Å². The molecule has 1 saturated heterocycles. The Kier molecular flexibility index (Phi) is 9.55.